The molecular formula is C18H21N3O7. The summed E-state index contributed by atoms with van der Waals surface area (Å²) in [6.07, 6.45) is -0.202. The smallest absolute Gasteiger partial charge is 0.325 e. The zero-order valence-electron chi connectivity index (χ0n) is 15.6. The zero-order chi connectivity index (χ0) is 20.3. The van der Waals surface area contributed by atoms with Crippen LogP contribution in [-0.4, -0.2) is 60.6 Å². The highest BCUT2D eigenvalue weighted by molar-refractivity contribution is 6.06. The second-order valence-corrected chi connectivity index (χ2v) is 6.83. The highest BCUT2D eigenvalue weighted by Gasteiger charge is 2.44. The molecule has 2 aliphatic rings. The molecule has 0 radical (unpaired) electrons. The molecule has 0 aliphatic carbocycles. The number of amides is 4. The summed E-state index contributed by atoms with van der Waals surface area (Å²) in [7, 11) is 0. The van der Waals surface area contributed by atoms with Gasteiger partial charge in [-0.25, -0.2) is 4.79 Å². The first-order chi connectivity index (χ1) is 13.3. The van der Waals surface area contributed by atoms with Crippen LogP contribution >= 0.6 is 0 Å². The molecule has 2 heterocycles. The number of fused-ring (bicyclic) bond motifs is 1. The lowest BCUT2D eigenvalue weighted by Crippen LogP contribution is -2.40. The first-order valence-corrected chi connectivity index (χ1v) is 8.75. The summed E-state index contributed by atoms with van der Waals surface area (Å²) >= 11 is 0. The molecule has 10 nitrogen and oxygen atoms in total. The Bertz CT molecular complexity index is 821. The van der Waals surface area contributed by atoms with Gasteiger partial charge >= 0.3 is 12.0 Å². The minimum atomic E-state index is -0.996. The summed E-state index contributed by atoms with van der Waals surface area (Å²) in [5, 5.41) is 5.11. The van der Waals surface area contributed by atoms with Crippen LogP contribution < -0.4 is 20.1 Å². The predicted molar refractivity (Wildman–Crippen MR) is 96.0 cm³/mol. The number of rotatable bonds is 6. The van der Waals surface area contributed by atoms with E-state index in [1.165, 1.54) is 0 Å². The van der Waals surface area contributed by atoms with Crippen molar-refractivity contribution in [2.24, 2.45) is 0 Å². The van der Waals surface area contributed by atoms with Crippen LogP contribution in [-0.2, 0) is 19.1 Å². The van der Waals surface area contributed by atoms with Crippen molar-refractivity contribution in [1.29, 1.82) is 0 Å². The van der Waals surface area contributed by atoms with E-state index < -0.39 is 36.0 Å². The lowest BCUT2D eigenvalue weighted by molar-refractivity contribution is -0.147. The van der Waals surface area contributed by atoms with Gasteiger partial charge in [0.25, 0.3) is 11.8 Å². The van der Waals surface area contributed by atoms with E-state index in [9.17, 15) is 19.2 Å². The predicted octanol–water partition coefficient (Wildman–Crippen LogP) is 0.660. The topological polar surface area (TPSA) is 123 Å². The van der Waals surface area contributed by atoms with Gasteiger partial charge in [0.1, 0.15) is 18.8 Å². The van der Waals surface area contributed by atoms with Crippen LogP contribution in [0.2, 0.25) is 0 Å². The maximum absolute atomic E-state index is 12.0. The van der Waals surface area contributed by atoms with Gasteiger partial charge in [-0.1, -0.05) is 0 Å². The summed E-state index contributed by atoms with van der Waals surface area (Å²) in [6.45, 7) is 3.45. The van der Waals surface area contributed by atoms with E-state index in [1.807, 2.05) is 0 Å². The van der Waals surface area contributed by atoms with Crippen molar-refractivity contribution < 1.29 is 33.4 Å². The van der Waals surface area contributed by atoms with Gasteiger partial charge in [-0.05, 0) is 26.0 Å². The Hall–Kier alpha value is -3.30. The summed E-state index contributed by atoms with van der Waals surface area (Å²) in [6, 6.07) is 4.38. The minimum absolute atomic E-state index is 0.114. The number of imide groups is 1. The van der Waals surface area contributed by atoms with E-state index in [-0.39, 0.29) is 13.0 Å². The van der Waals surface area contributed by atoms with E-state index in [0.29, 0.717) is 30.4 Å². The lowest BCUT2D eigenvalue weighted by Gasteiger charge is -2.19. The number of ether oxygens (including phenoxy) is 3. The van der Waals surface area contributed by atoms with Crippen molar-refractivity contribution in [1.82, 2.24) is 10.2 Å². The summed E-state index contributed by atoms with van der Waals surface area (Å²) in [5.41, 5.74) is -0.517. The number of esters is 1. The fourth-order valence-corrected chi connectivity index (χ4v) is 2.76. The average molecular weight is 391 g/mol. The molecular weight excluding hydrogens is 370 g/mol. The molecule has 1 aromatic carbocycles. The number of benzene rings is 1. The Labute approximate surface area is 161 Å². The number of nitrogens with zero attached hydrogens (tertiary/aromatic N) is 1. The van der Waals surface area contributed by atoms with Crippen LogP contribution in [0.5, 0.6) is 11.5 Å². The summed E-state index contributed by atoms with van der Waals surface area (Å²) < 4.78 is 15.7. The summed E-state index contributed by atoms with van der Waals surface area (Å²) in [4.78, 5) is 48.5. The van der Waals surface area contributed by atoms with Crippen molar-refractivity contribution in [2.45, 2.75) is 25.8 Å². The van der Waals surface area contributed by atoms with Crippen LogP contribution in [0.15, 0.2) is 18.2 Å². The molecule has 0 unspecified atom stereocenters. The van der Waals surface area contributed by atoms with Gasteiger partial charge in [-0.15, -0.1) is 0 Å². The fraction of sp³-hybridized carbons (Fsp3) is 0.444. The van der Waals surface area contributed by atoms with Gasteiger partial charge < -0.3 is 24.8 Å². The zero-order valence-corrected chi connectivity index (χ0v) is 15.6. The number of nitrogens with one attached hydrogen (secondary N) is 2. The average Bonchev–Trinajstić information content (AvgIpc) is 2.85. The number of urea groups is 1. The standard InChI is InChI=1S/C18H21N3O7/c1-18(2)16(24)21(17(25)20-18)6-5-15(23)28-10-14(22)19-11-3-4-12-13(9-11)27-8-7-26-12/h3-4,9H,5-8,10H2,1-2H3,(H,19,22)(H,20,25). The Kier molecular flexibility index (Phi) is 5.39. The highest BCUT2D eigenvalue weighted by atomic mass is 16.6. The van der Waals surface area contributed by atoms with Crippen molar-refractivity contribution in [3.05, 3.63) is 18.2 Å². The molecule has 28 heavy (non-hydrogen) atoms. The molecule has 1 fully saturated rings. The number of carbonyl (C=O) groups is 4. The largest absolute Gasteiger partial charge is 0.486 e. The highest BCUT2D eigenvalue weighted by Crippen LogP contribution is 2.32. The Morgan fingerprint density at radius 3 is 2.61 bits per heavy atom. The van der Waals surface area contributed by atoms with Crippen molar-refractivity contribution in [3.63, 3.8) is 0 Å². The molecule has 2 aliphatic heterocycles. The molecule has 10 heteroatoms. The van der Waals surface area contributed by atoms with E-state index >= 15 is 0 Å². The third-order valence-electron chi connectivity index (χ3n) is 4.17. The summed E-state index contributed by atoms with van der Waals surface area (Å²) in [5.74, 6) is -0.512. The van der Waals surface area contributed by atoms with E-state index in [0.717, 1.165) is 4.90 Å². The molecule has 0 bridgehead atoms. The quantitative estimate of drug-likeness (QED) is 0.539. The number of hydrogen-bond donors (Lipinski definition) is 2. The van der Waals surface area contributed by atoms with Gasteiger partial charge in [0.15, 0.2) is 18.1 Å². The van der Waals surface area contributed by atoms with Gasteiger partial charge in [-0.3, -0.25) is 19.3 Å². The lowest BCUT2D eigenvalue weighted by atomic mass is 10.1. The Balaban J connectivity index is 1.43. The second-order valence-electron chi connectivity index (χ2n) is 6.83. The maximum Gasteiger partial charge on any atom is 0.325 e. The van der Waals surface area contributed by atoms with E-state index in [1.54, 1.807) is 32.0 Å². The van der Waals surface area contributed by atoms with Crippen LogP contribution in [0.4, 0.5) is 10.5 Å². The Morgan fingerprint density at radius 2 is 1.93 bits per heavy atom. The van der Waals surface area contributed by atoms with Crippen LogP contribution in [0.25, 0.3) is 0 Å². The van der Waals surface area contributed by atoms with Crippen molar-refractivity contribution >= 4 is 29.5 Å². The minimum Gasteiger partial charge on any atom is -0.486 e. The second kappa shape index (κ2) is 7.75. The third-order valence-corrected chi connectivity index (χ3v) is 4.17. The van der Waals surface area contributed by atoms with Crippen LogP contribution in [0.3, 0.4) is 0 Å². The molecule has 150 valence electrons. The number of anilines is 1. The SMILES string of the molecule is CC1(C)NC(=O)N(CCC(=O)OCC(=O)Nc2ccc3c(c2)OCCO3)C1=O. The molecule has 0 spiro atoms. The normalized spacial score (nSPS) is 17.1. The van der Waals surface area contributed by atoms with Crippen molar-refractivity contribution in [3.8, 4) is 11.5 Å². The maximum atomic E-state index is 12.0. The Morgan fingerprint density at radius 1 is 1.21 bits per heavy atom. The van der Waals surface area contributed by atoms with Crippen LogP contribution in [0.1, 0.15) is 20.3 Å². The van der Waals surface area contributed by atoms with E-state index in [4.69, 9.17) is 14.2 Å². The molecule has 2 N–H and O–H groups in total. The third kappa shape index (κ3) is 4.33. The molecule has 1 aromatic rings. The van der Waals surface area contributed by atoms with Crippen LogP contribution in [0, 0.1) is 0 Å². The monoisotopic (exact) mass is 391 g/mol. The first kappa shape index (κ1) is 19.5. The van der Waals surface area contributed by atoms with Gasteiger partial charge in [-0.2, -0.15) is 0 Å². The van der Waals surface area contributed by atoms with Gasteiger partial charge in [0.2, 0.25) is 0 Å². The van der Waals surface area contributed by atoms with Gasteiger partial charge in [0.05, 0.1) is 6.42 Å². The first-order valence-electron chi connectivity index (χ1n) is 8.75. The molecule has 0 aromatic heterocycles. The molecule has 1 saturated heterocycles. The molecule has 4 amide bonds. The molecule has 3 rings (SSSR count). The molecule has 0 atom stereocenters. The fourth-order valence-electron chi connectivity index (χ4n) is 2.76. The number of hydrogen-bond acceptors (Lipinski definition) is 7. The van der Waals surface area contributed by atoms with Crippen molar-refractivity contribution in [2.75, 3.05) is 31.7 Å². The number of carbonyl (C=O) groups excluding carboxylic acids is 4. The molecule has 0 saturated carbocycles. The van der Waals surface area contributed by atoms with E-state index in [2.05, 4.69) is 10.6 Å². The van der Waals surface area contributed by atoms with Gasteiger partial charge in [0, 0.05) is 18.3 Å².